The highest BCUT2D eigenvalue weighted by atomic mass is 31.2. The molecule has 0 radical (unpaired) electrons. The molecule has 0 spiro atoms. The normalized spacial score (nSPS) is 14.1. The number of carbonyl (C=O) groups excluding carboxylic acids is 4. The number of phosphoric acid groups is 2. The average Bonchev–Trinajstić information content (AvgIpc) is 0.925. The van der Waals surface area contributed by atoms with Crippen LogP contribution < -0.4 is 0 Å². The first-order valence-electron chi connectivity index (χ1n) is 43.0. The van der Waals surface area contributed by atoms with Gasteiger partial charge in [0.1, 0.15) is 19.3 Å². The van der Waals surface area contributed by atoms with Crippen molar-refractivity contribution in [3.8, 4) is 0 Å². The smallest absolute Gasteiger partial charge is 0.462 e. The minimum Gasteiger partial charge on any atom is -0.462 e. The number of aliphatic hydroxyl groups is 1. The lowest BCUT2D eigenvalue weighted by atomic mass is 9.99. The third-order valence-corrected chi connectivity index (χ3v) is 21.7. The van der Waals surface area contributed by atoms with Crippen molar-refractivity contribution in [3.05, 3.63) is 0 Å². The van der Waals surface area contributed by atoms with Gasteiger partial charge < -0.3 is 33.8 Å². The first-order valence-corrected chi connectivity index (χ1v) is 46.0. The number of aliphatic hydroxyl groups excluding tert-OH is 1. The van der Waals surface area contributed by atoms with E-state index in [4.69, 9.17) is 37.0 Å². The maximum Gasteiger partial charge on any atom is 0.472 e. The first kappa shape index (κ1) is 100. The Balaban J connectivity index is 5.24. The van der Waals surface area contributed by atoms with Gasteiger partial charge in [-0.3, -0.25) is 37.3 Å². The third kappa shape index (κ3) is 74.9. The van der Waals surface area contributed by atoms with Crippen LogP contribution in [0.25, 0.3) is 0 Å². The second kappa shape index (κ2) is 74.5. The summed E-state index contributed by atoms with van der Waals surface area (Å²) in [5.41, 5.74) is 0. The van der Waals surface area contributed by atoms with E-state index in [2.05, 4.69) is 41.5 Å². The van der Waals surface area contributed by atoms with E-state index >= 15 is 0 Å². The summed E-state index contributed by atoms with van der Waals surface area (Å²) in [6.07, 6.45) is 65.2. The molecule has 0 aromatic heterocycles. The molecule has 0 saturated heterocycles. The van der Waals surface area contributed by atoms with Gasteiger partial charge in [-0.05, 0) is 37.5 Å². The summed E-state index contributed by atoms with van der Waals surface area (Å²) < 4.78 is 68.8. The van der Waals surface area contributed by atoms with E-state index in [1.807, 2.05) is 0 Å². The zero-order valence-electron chi connectivity index (χ0n) is 66.9. The summed E-state index contributed by atoms with van der Waals surface area (Å²) >= 11 is 0. The van der Waals surface area contributed by atoms with E-state index in [0.717, 1.165) is 102 Å². The van der Waals surface area contributed by atoms with Crippen LogP contribution in [0.1, 0.15) is 440 Å². The van der Waals surface area contributed by atoms with Crippen molar-refractivity contribution in [2.24, 2.45) is 11.8 Å². The van der Waals surface area contributed by atoms with E-state index in [1.165, 1.54) is 250 Å². The molecule has 606 valence electrons. The van der Waals surface area contributed by atoms with E-state index in [0.29, 0.717) is 31.6 Å². The van der Waals surface area contributed by atoms with Crippen LogP contribution in [0.5, 0.6) is 0 Å². The van der Waals surface area contributed by atoms with Crippen LogP contribution in [0, 0.1) is 11.8 Å². The van der Waals surface area contributed by atoms with Crippen LogP contribution in [0.3, 0.4) is 0 Å². The lowest BCUT2D eigenvalue weighted by molar-refractivity contribution is -0.161. The van der Waals surface area contributed by atoms with Crippen molar-refractivity contribution < 1.29 is 80.2 Å². The van der Waals surface area contributed by atoms with Crippen LogP contribution in [0.2, 0.25) is 0 Å². The van der Waals surface area contributed by atoms with Crippen molar-refractivity contribution in [2.75, 3.05) is 39.6 Å². The maximum atomic E-state index is 13.1. The highest BCUT2D eigenvalue weighted by molar-refractivity contribution is 7.47. The zero-order chi connectivity index (χ0) is 74.9. The molecule has 0 bridgehead atoms. The molecule has 17 nitrogen and oxygen atoms in total. The van der Waals surface area contributed by atoms with Gasteiger partial charge in [0.2, 0.25) is 0 Å². The number of hydrogen-bond donors (Lipinski definition) is 3. The molecule has 0 amide bonds. The molecular weight excluding hydrogens is 1330 g/mol. The number of rotatable bonds is 82. The molecule has 102 heavy (non-hydrogen) atoms. The van der Waals surface area contributed by atoms with Gasteiger partial charge in [0, 0.05) is 25.7 Å². The Bertz CT molecular complexity index is 1960. The Kier molecular flexibility index (Phi) is 73.1. The van der Waals surface area contributed by atoms with E-state index in [-0.39, 0.29) is 25.7 Å². The minimum atomic E-state index is -4.96. The van der Waals surface area contributed by atoms with Crippen molar-refractivity contribution in [2.45, 2.75) is 458 Å². The Labute approximate surface area is 626 Å². The molecule has 3 unspecified atom stereocenters. The molecule has 0 fully saturated rings. The summed E-state index contributed by atoms with van der Waals surface area (Å²) in [5.74, 6) is -0.555. The molecule has 0 aliphatic carbocycles. The quantitative estimate of drug-likeness (QED) is 0.0222. The Morgan fingerprint density at radius 3 is 0.745 bits per heavy atom. The predicted octanol–water partition coefficient (Wildman–Crippen LogP) is 25.1. The van der Waals surface area contributed by atoms with Crippen molar-refractivity contribution >= 4 is 39.5 Å². The largest absolute Gasteiger partial charge is 0.472 e. The second-order valence-electron chi connectivity index (χ2n) is 30.6. The fourth-order valence-corrected chi connectivity index (χ4v) is 14.4. The summed E-state index contributed by atoms with van der Waals surface area (Å²) in [5, 5.41) is 10.7. The lowest BCUT2D eigenvalue weighted by Gasteiger charge is -2.21. The molecule has 3 N–H and O–H groups in total. The van der Waals surface area contributed by atoms with Crippen LogP contribution in [0.15, 0.2) is 0 Å². The molecule has 0 rings (SSSR count). The monoisotopic (exact) mass is 1490 g/mol. The van der Waals surface area contributed by atoms with Gasteiger partial charge in [0.15, 0.2) is 12.2 Å². The fraction of sp³-hybridized carbons (Fsp3) is 0.952. The number of unbranched alkanes of at least 4 members (excludes halogenated alkanes) is 51. The highest BCUT2D eigenvalue weighted by Crippen LogP contribution is 2.45. The second-order valence-corrected chi connectivity index (χ2v) is 33.5. The number of esters is 4. The van der Waals surface area contributed by atoms with Crippen molar-refractivity contribution in [3.63, 3.8) is 0 Å². The van der Waals surface area contributed by atoms with Gasteiger partial charge in [0.05, 0.1) is 26.4 Å². The molecule has 0 aliphatic rings. The van der Waals surface area contributed by atoms with Gasteiger partial charge in [-0.15, -0.1) is 0 Å². The van der Waals surface area contributed by atoms with Crippen LogP contribution in [-0.4, -0.2) is 96.7 Å². The van der Waals surface area contributed by atoms with Crippen molar-refractivity contribution in [1.82, 2.24) is 0 Å². The Morgan fingerprint density at radius 1 is 0.284 bits per heavy atom. The van der Waals surface area contributed by atoms with Gasteiger partial charge in [-0.25, -0.2) is 9.13 Å². The number of carbonyl (C=O) groups is 4. The third-order valence-electron chi connectivity index (χ3n) is 19.8. The standard InChI is InChI=1S/C83H162O17P2/c1-7-10-12-14-16-18-20-22-24-26-27-29-33-37-41-47-53-59-65-80(85)93-71-78(99-82(87)68-62-56-49-43-39-35-31-30-32-36-40-46-52-58-64-76(6)9-3)73-97-101(89,90)95-69-77(84)70-96-102(91,92)98-74-79(72-94-81(86)66-60-54-50-44-45-51-57-63-75(4)5)100-83(88)67-61-55-48-42-38-34-28-25-23-21-19-17-15-13-11-8-2/h75-79,84H,7-74H2,1-6H3,(H,89,90)(H,91,92)/t76?,77-,78-,79-/m1/s1. The Morgan fingerprint density at radius 2 is 0.500 bits per heavy atom. The van der Waals surface area contributed by atoms with Crippen LogP contribution >= 0.6 is 15.6 Å². The zero-order valence-corrected chi connectivity index (χ0v) is 68.7. The SMILES string of the molecule is CCCCCCCCCCCCCCCCCCCCC(=O)OC[C@H](COP(=O)(O)OC[C@@H](O)COP(=O)(O)OC[C@@H](COC(=O)CCCCCCCCCC(C)C)OC(=O)CCCCCCCCCCCCCCCCCC)OC(=O)CCCCCCCCCCCCCCCCC(C)CC. The molecule has 19 heteroatoms. The van der Waals surface area contributed by atoms with E-state index < -0.39 is 97.5 Å². The van der Waals surface area contributed by atoms with E-state index in [9.17, 15) is 43.2 Å². The fourth-order valence-electron chi connectivity index (χ4n) is 12.9. The predicted molar refractivity (Wildman–Crippen MR) is 418 cm³/mol. The molecule has 0 aromatic carbocycles. The summed E-state index contributed by atoms with van der Waals surface area (Å²) in [4.78, 5) is 73.1. The topological polar surface area (TPSA) is 237 Å². The summed E-state index contributed by atoms with van der Waals surface area (Å²) in [7, 11) is -9.92. The van der Waals surface area contributed by atoms with Crippen molar-refractivity contribution in [1.29, 1.82) is 0 Å². The van der Waals surface area contributed by atoms with Crippen LogP contribution in [-0.2, 0) is 65.4 Å². The molecule has 0 saturated carbocycles. The average molecular weight is 1490 g/mol. The molecule has 6 atom stereocenters. The highest BCUT2D eigenvalue weighted by Gasteiger charge is 2.30. The Hall–Kier alpha value is -1.94. The van der Waals surface area contributed by atoms with Gasteiger partial charge in [0.25, 0.3) is 0 Å². The molecule has 0 aromatic rings. The summed E-state index contributed by atoms with van der Waals surface area (Å²) in [6, 6.07) is 0. The first-order chi connectivity index (χ1) is 49.4. The van der Waals surface area contributed by atoms with Gasteiger partial charge >= 0.3 is 39.5 Å². The maximum absolute atomic E-state index is 13.1. The van der Waals surface area contributed by atoms with Crippen LogP contribution in [0.4, 0.5) is 0 Å². The molecule has 0 aliphatic heterocycles. The molecular formula is C83H162O17P2. The minimum absolute atomic E-state index is 0.108. The van der Waals surface area contributed by atoms with E-state index in [1.54, 1.807) is 0 Å². The number of phosphoric ester groups is 2. The summed E-state index contributed by atoms with van der Waals surface area (Å²) in [6.45, 7) is 9.65. The lowest BCUT2D eigenvalue weighted by Crippen LogP contribution is -2.30. The van der Waals surface area contributed by atoms with Gasteiger partial charge in [-0.2, -0.15) is 0 Å². The number of ether oxygens (including phenoxy) is 4. The van der Waals surface area contributed by atoms with Gasteiger partial charge in [-0.1, -0.05) is 388 Å². The number of hydrogen-bond acceptors (Lipinski definition) is 15. The molecule has 0 heterocycles.